The second-order valence-electron chi connectivity index (χ2n) is 8.49. The lowest BCUT2D eigenvalue weighted by Gasteiger charge is -2.17. The maximum atomic E-state index is 13.2. The molecule has 0 aliphatic rings. The van der Waals surface area contributed by atoms with Crippen LogP contribution in [0.2, 0.25) is 0 Å². The van der Waals surface area contributed by atoms with Gasteiger partial charge in [0.15, 0.2) is 11.0 Å². The van der Waals surface area contributed by atoms with E-state index in [0.29, 0.717) is 39.5 Å². The summed E-state index contributed by atoms with van der Waals surface area (Å²) in [5.41, 5.74) is 3.25. The fourth-order valence-electron chi connectivity index (χ4n) is 3.90. The Balaban J connectivity index is 1.65. The Morgan fingerprint density at radius 2 is 1.84 bits per heavy atom. The average molecular weight is 534 g/mol. The Morgan fingerprint density at radius 1 is 1.08 bits per heavy atom. The number of carbonyl (C=O) groups is 1. The number of ether oxygens (including phenoxy) is 2. The third-order valence-electron chi connectivity index (χ3n) is 5.82. The van der Waals surface area contributed by atoms with Crippen molar-refractivity contribution in [1.29, 1.82) is 0 Å². The number of nitrogens with one attached hydrogen (secondary N) is 1. The van der Waals surface area contributed by atoms with Crippen molar-refractivity contribution in [2.75, 3.05) is 14.2 Å². The number of nitro benzene ring substituents is 1. The Labute approximate surface area is 224 Å². The molecule has 0 saturated carbocycles. The molecule has 0 bridgehead atoms. The van der Waals surface area contributed by atoms with Crippen LogP contribution in [0.1, 0.15) is 40.3 Å². The molecule has 0 aliphatic carbocycles. The van der Waals surface area contributed by atoms with Gasteiger partial charge in [-0.3, -0.25) is 19.5 Å². The molecule has 4 aromatic rings. The van der Waals surface area contributed by atoms with Crippen LogP contribution in [-0.4, -0.2) is 39.8 Å². The van der Waals surface area contributed by atoms with Gasteiger partial charge in [0, 0.05) is 29.6 Å². The first-order valence-corrected chi connectivity index (χ1v) is 12.7. The van der Waals surface area contributed by atoms with Gasteiger partial charge in [-0.1, -0.05) is 41.6 Å². The second kappa shape index (κ2) is 11.8. The van der Waals surface area contributed by atoms with Crippen LogP contribution in [0.4, 0.5) is 5.69 Å². The first-order valence-electron chi connectivity index (χ1n) is 11.7. The normalized spacial score (nSPS) is 11.6. The number of aryl methyl sites for hydroxylation is 1. The molecule has 1 aromatic heterocycles. The van der Waals surface area contributed by atoms with Crippen molar-refractivity contribution in [3.8, 4) is 17.2 Å². The summed E-state index contributed by atoms with van der Waals surface area (Å²) >= 11 is 1.49. The van der Waals surface area contributed by atoms with Gasteiger partial charge in [0.1, 0.15) is 11.5 Å². The second-order valence-corrected chi connectivity index (χ2v) is 9.43. The Hall–Kier alpha value is -4.38. The quantitative estimate of drug-likeness (QED) is 0.166. The molecule has 0 radical (unpaired) electrons. The number of amides is 1. The molecule has 1 unspecified atom stereocenters. The lowest BCUT2D eigenvalue weighted by atomic mass is 10.1. The molecule has 0 aliphatic heterocycles. The van der Waals surface area contributed by atoms with Crippen LogP contribution in [0, 0.1) is 17.0 Å². The lowest BCUT2D eigenvalue weighted by molar-refractivity contribution is -0.384. The van der Waals surface area contributed by atoms with Crippen molar-refractivity contribution in [1.82, 2.24) is 20.1 Å². The van der Waals surface area contributed by atoms with Crippen molar-refractivity contribution in [3.05, 3.63) is 99.4 Å². The van der Waals surface area contributed by atoms with Crippen LogP contribution in [0.3, 0.4) is 0 Å². The smallest absolute Gasteiger partial charge is 0.269 e. The highest BCUT2D eigenvalue weighted by atomic mass is 32.2. The van der Waals surface area contributed by atoms with Gasteiger partial charge in [-0.2, -0.15) is 0 Å². The predicted molar refractivity (Wildman–Crippen MR) is 144 cm³/mol. The van der Waals surface area contributed by atoms with E-state index >= 15 is 0 Å². The van der Waals surface area contributed by atoms with Gasteiger partial charge in [-0.15, -0.1) is 10.2 Å². The summed E-state index contributed by atoms with van der Waals surface area (Å²) in [6.07, 6.45) is 0. The first-order chi connectivity index (χ1) is 18.3. The summed E-state index contributed by atoms with van der Waals surface area (Å²) in [6.45, 7) is 3.84. The van der Waals surface area contributed by atoms with Gasteiger partial charge >= 0.3 is 0 Å². The molecule has 0 fully saturated rings. The molecule has 0 saturated heterocycles. The molecule has 0 spiro atoms. The predicted octanol–water partition coefficient (Wildman–Crippen LogP) is 5.28. The highest BCUT2D eigenvalue weighted by Gasteiger charge is 2.23. The minimum Gasteiger partial charge on any atom is -0.497 e. The number of hydrogen-bond acceptors (Lipinski definition) is 8. The molecule has 1 atom stereocenters. The number of benzene rings is 3. The van der Waals surface area contributed by atoms with E-state index in [-0.39, 0.29) is 11.6 Å². The van der Waals surface area contributed by atoms with Crippen LogP contribution in [-0.2, 0) is 5.75 Å². The topological polar surface area (TPSA) is 121 Å². The molecule has 3 aromatic carbocycles. The molecular weight excluding hydrogens is 506 g/mol. The number of thioether (sulfide) groups is 1. The number of non-ortho nitro benzene ring substituents is 1. The van der Waals surface area contributed by atoms with Crippen LogP contribution >= 0.6 is 11.8 Å². The fraction of sp³-hybridized carbons (Fsp3) is 0.222. The van der Waals surface area contributed by atoms with Gasteiger partial charge in [0.2, 0.25) is 0 Å². The third kappa shape index (κ3) is 5.94. The SMILES string of the molecule is COc1ccc(C(=O)NC(C)c2nnc(SCc3cccc(C)c3)n2-c2ccc([N+](=O)[O-])cc2)c(OC)c1. The lowest BCUT2D eigenvalue weighted by Crippen LogP contribution is -2.29. The van der Waals surface area contributed by atoms with E-state index in [2.05, 4.69) is 21.6 Å². The van der Waals surface area contributed by atoms with Crippen LogP contribution < -0.4 is 14.8 Å². The third-order valence-corrected chi connectivity index (χ3v) is 6.82. The van der Waals surface area contributed by atoms with Crippen molar-refractivity contribution in [3.63, 3.8) is 0 Å². The van der Waals surface area contributed by atoms with E-state index < -0.39 is 11.0 Å². The first kappa shape index (κ1) is 26.7. The summed E-state index contributed by atoms with van der Waals surface area (Å²) in [4.78, 5) is 23.9. The minimum absolute atomic E-state index is 0.0229. The molecule has 4 rings (SSSR count). The van der Waals surface area contributed by atoms with E-state index in [4.69, 9.17) is 9.47 Å². The number of aromatic nitrogens is 3. The van der Waals surface area contributed by atoms with Crippen molar-refractivity contribution in [2.24, 2.45) is 0 Å². The molecule has 38 heavy (non-hydrogen) atoms. The fourth-order valence-corrected chi connectivity index (χ4v) is 4.80. The van der Waals surface area contributed by atoms with Crippen molar-refractivity contribution >= 4 is 23.4 Å². The average Bonchev–Trinajstić information content (AvgIpc) is 3.35. The van der Waals surface area contributed by atoms with Gasteiger partial charge in [-0.25, -0.2) is 0 Å². The molecule has 11 heteroatoms. The summed E-state index contributed by atoms with van der Waals surface area (Å²) in [5, 5.41) is 23.5. The molecule has 10 nitrogen and oxygen atoms in total. The number of hydrogen-bond donors (Lipinski definition) is 1. The van der Waals surface area contributed by atoms with Crippen LogP contribution in [0.15, 0.2) is 71.9 Å². The maximum Gasteiger partial charge on any atom is 0.269 e. The zero-order valence-corrected chi connectivity index (χ0v) is 22.2. The highest BCUT2D eigenvalue weighted by molar-refractivity contribution is 7.98. The zero-order chi connectivity index (χ0) is 27.2. The maximum absolute atomic E-state index is 13.2. The number of methoxy groups -OCH3 is 2. The summed E-state index contributed by atoms with van der Waals surface area (Å²) in [7, 11) is 3.02. The van der Waals surface area contributed by atoms with E-state index in [1.54, 1.807) is 41.8 Å². The molecule has 1 heterocycles. The number of nitrogens with zero attached hydrogens (tertiary/aromatic N) is 4. The summed E-state index contributed by atoms with van der Waals surface area (Å²) in [6, 6.07) is 18.7. The van der Waals surface area contributed by atoms with Gasteiger partial charge in [0.25, 0.3) is 11.6 Å². The Kier molecular flexibility index (Phi) is 8.27. The van der Waals surface area contributed by atoms with E-state index in [9.17, 15) is 14.9 Å². The van der Waals surface area contributed by atoms with Crippen LogP contribution in [0.5, 0.6) is 11.5 Å². The van der Waals surface area contributed by atoms with Gasteiger partial charge < -0.3 is 14.8 Å². The zero-order valence-electron chi connectivity index (χ0n) is 21.4. The number of nitro groups is 1. The monoisotopic (exact) mass is 533 g/mol. The largest absolute Gasteiger partial charge is 0.497 e. The Bertz CT molecular complexity index is 1450. The van der Waals surface area contributed by atoms with Crippen LogP contribution in [0.25, 0.3) is 5.69 Å². The highest BCUT2D eigenvalue weighted by Crippen LogP contribution is 2.30. The van der Waals surface area contributed by atoms with E-state index in [0.717, 1.165) is 11.1 Å². The molecule has 1 N–H and O–H groups in total. The molecular formula is C27H27N5O5S. The standard InChI is InChI=1S/C27H27N5O5S/c1-17-6-5-7-19(14-17)16-38-27-30-29-25(31(27)20-8-10-21(11-9-20)32(34)35)18(2)28-26(33)23-13-12-22(36-3)15-24(23)37-4/h5-15,18H,16H2,1-4H3,(H,28,33). The van der Waals surface area contributed by atoms with Crippen molar-refractivity contribution < 1.29 is 19.2 Å². The van der Waals surface area contributed by atoms with Gasteiger partial charge in [-0.05, 0) is 43.7 Å². The number of carbonyl (C=O) groups excluding carboxylic acids is 1. The van der Waals surface area contributed by atoms with Crippen molar-refractivity contribution in [2.45, 2.75) is 30.8 Å². The van der Waals surface area contributed by atoms with E-state index in [1.165, 1.54) is 38.1 Å². The van der Waals surface area contributed by atoms with E-state index in [1.807, 2.05) is 25.1 Å². The summed E-state index contributed by atoms with van der Waals surface area (Å²) < 4.78 is 12.4. The molecule has 196 valence electrons. The number of rotatable bonds is 10. The minimum atomic E-state index is -0.551. The molecule has 1 amide bonds. The Morgan fingerprint density at radius 3 is 2.50 bits per heavy atom. The summed E-state index contributed by atoms with van der Waals surface area (Å²) in [5.74, 6) is 1.71. The van der Waals surface area contributed by atoms with Gasteiger partial charge in [0.05, 0.1) is 30.7 Å².